The molecule has 0 aliphatic heterocycles. The van der Waals surface area contributed by atoms with E-state index in [2.05, 4.69) is 0 Å². The molecule has 0 atom stereocenters. The average Bonchev–Trinajstić information content (AvgIpc) is 2.62. The van der Waals surface area contributed by atoms with Gasteiger partial charge >= 0.3 is 11.9 Å². The smallest absolute Gasteiger partial charge is 0.308 e. The zero-order valence-corrected chi connectivity index (χ0v) is 16.2. The second-order valence-corrected chi connectivity index (χ2v) is 6.68. The molecular weight excluding hydrogens is 360 g/mol. The van der Waals surface area contributed by atoms with Crippen molar-refractivity contribution in [1.29, 1.82) is 0 Å². The molecule has 0 saturated heterocycles. The highest BCUT2D eigenvalue weighted by molar-refractivity contribution is 7.99. The number of benzene rings is 2. The molecular formula is C22H22O4S. The van der Waals surface area contributed by atoms with Crippen molar-refractivity contribution >= 4 is 35.9 Å². The molecule has 0 aliphatic carbocycles. The topological polar surface area (TPSA) is 52.6 Å². The summed E-state index contributed by atoms with van der Waals surface area (Å²) in [4.78, 5) is 22.3. The highest BCUT2D eigenvalue weighted by Gasteiger charge is 2.03. The molecule has 0 bridgehead atoms. The van der Waals surface area contributed by atoms with Crippen molar-refractivity contribution in [2.45, 2.75) is 13.8 Å². The molecule has 0 unspecified atom stereocenters. The number of carbonyl (C=O) groups is 2. The summed E-state index contributed by atoms with van der Waals surface area (Å²) in [5, 5.41) is 0. The summed E-state index contributed by atoms with van der Waals surface area (Å²) in [6.07, 6.45) is 7.97. The van der Waals surface area contributed by atoms with Crippen LogP contribution in [0.2, 0.25) is 0 Å². The molecule has 0 amide bonds. The van der Waals surface area contributed by atoms with Crippen LogP contribution in [0.4, 0.5) is 0 Å². The van der Waals surface area contributed by atoms with Crippen LogP contribution in [0, 0.1) is 0 Å². The number of thioether (sulfide) groups is 1. The predicted octanol–water partition coefficient (Wildman–Crippen LogP) is 5.00. The van der Waals surface area contributed by atoms with Gasteiger partial charge in [0.2, 0.25) is 0 Å². The Morgan fingerprint density at radius 1 is 0.778 bits per heavy atom. The number of hydrogen-bond acceptors (Lipinski definition) is 5. The van der Waals surface area contributed by atoms with E-state index in [1.54, 1.807) is 23.9 Å². The number of esters is 2. The van der Waals surface area contributed by atoms with Crippen molar-refractivity contribution in [3.63, 3.8) is 0 Å². The first kappa shape index (κ1) is 20.5. The average molecular weight is 382 g/mol. The molecule has 0 fully saturated rings. The number of para-hydroxylation sites is 2. The Balaban J connectivity index is 1.83. The van der Waals surface area contributed by atoms with Gasteiger partial charge in [-0.1, -0.05) is 60.7 Å². The molecule has 5 heteroatoms. The molecule has 2 aromatic carbocycles. The fourth-order valence-corrected chi connectivity index (χ4v) is 2.89. The molecule has 4 nitrogen and oxygen atoms in total. The maximum atomic E-state index is 11.1. The minimum Gasteiger partial charge on any atom is -0.426 e. The van der Waals surface area contributed by atoms with E-state index >= 15 is 0 Å². The Morgan fingerprint density at radius 3 is 1.59 bits per heavy atom. The maximum Gasteiger partial charge on any atom is 0.308 e. The third-order valence-electron chi connectivity index (χ3n) is 3.37. The third-order valence-corrected chi connectivity index (χ3v) is 4.22. The minimum absolute atomic E-state index is 0.329. The van der Waals surface area contributed by atoms with Crippen LogP contribution >= 0.6 is 11.8 Å². The molecule has 2 aromatic rings. The quantitative estimate of drug-likeness (QED) is 0.365. The van der Waals surface area contributed by atoms with E-state index in [0.717, 1.165) is 22.6 Å². The molecule has 2 rings (SSSR count). The highest BCUT2D eigenvalue weighted by Crippen LogP contribution is 2.21. The zero-order valence-electron chi connectivity index (χ0n) is 15.4. The first-order valence-corrected chi connectivity index (χ1v) is 9.67. The van der Waals surface area contributed by atoms with E-state index in [9.17, 15) is 9.59 Å². The predicted molar refractivity (Wildman–Crippen MR) is 111 cm³/mol. The van der Waals surface area contributed by atoms with Gasteiger partial charge in [-0.15, -0.1) is 0 Å². The Kier molecular flexibility index (Phi) is 8.39. The summed E-state index contributed by atoms with van der Waals surface area (Å²) in [5.41, 5.74) is 1.75. The van der Waals surface area contributed by atoms with Crippen LogP contribution in [-0.2, 0) is 9.59 Å². The molecule has 0 aliphatic rings. The molecule has 0 saturated carbocycles. The Hall–Kier alpha value is -2.79. The largest absolute Gasteiger partial charge is 0.426 e. The van der Waals surface area contributed by atoms with Crippen LogP contribution in [0.3, 0.4) is 0 Å². The second kappa shape index (κ2) is 11.0. The monoisotopic (exact) mass is 382 g/mol. The lowest BCUT2D eigenvalue weighted by Gasteiger charge is -2.05. The van der Waals surface area contributed by atoms with Gasteiger partial charge in [-0.3, -0.25) is 9.59 Å². The van der Waals surface area contributed by atoms with Gasteiger partial charge in [0.05, 0.1) is 0 Å². The summed E-state index contributed by atoms with van der Waals surface area (Å²) in [6, 6.07) is 14.9. The van der Waals surface area contributed by atoms with Crippen molar-refractivity contribution in [3.05, 3.63) is 71.8 Å². The normalized spacial score (nSPS) is 11.0. The first-order chi connectivity index (χ1) is 13.1. The lowest BCUT2D eigenvalue weighted by molar-refractivity contribution is -0.132. The summed E-state index contributed by atoms with van der Waals surface area (Å²) in [5.74, 6) is 2.12. The Morgan fingerprint density at radius 2 is 1.19 bits per heavy atom. The molecule has 0 aromatic heterocycles. The van der Waals surface area contributed by atoms with Crippen LogP contribution < -0.4 is 9.47 Å². The van der Waals surface area contributed by atoms with Crippen LogP contribution in [0.15, 0.2) is 60.7 Å². The second-order valence-electron chi connectivity index (χ2n) is 5.61. The SMILES string of the molecule is CC(=O)Oc1ccccc1C=CCSCC=Cc1ccccc1OC(C)=O. The van der Waals surface area contributed by atoms with Crippen molar-refractivity contribution in [3.8, 4) is 11.5 Å². The Bertz CT molecular complexity index is 770. The van der Waals surface area contributed by atoms with Crippen molar-refractivity contribution in [2.75, 3.05) is 11.5 Å². The maximum absolute atomic E-state index is 11.1. The van der Waals surface area contributed by atoms with Crippen molar-refractivity contribution < 1.29 is 19.1 Å². The van der Waals surface area contributed by atoms with Crippen LogP contribution in [0.25, 0.3) is 12.2 Å². The van der Waals surface area contributed by atoms with Gasteiger partial charge in [0.15, 0.2) is 0 Å². The zero-order chi connectivity index (χ0) is 19.5. The van der Waals surface area contributed by atoms with Gasteiger partial charge in [-0.25, -0.2) is 0 Å². The van der Waals surface area contributed by atoms with Crippen LogP contribution in [-0.4, -0.2) is 23.4 Å². The molecule has 0 heterocycles. The van der Waals surface area contributed by atoms with Crippen LogP contribution in [0.5, 0.6) is 11.5 Å². The molecule has 0 N–H and O–H groups in total. The summed E-state index contributed by atoms with van der Waals surface area (Å²) >= 11 is 1.74. The van der Waals surface area contributed by atoms with E-state index in [-0.39, 0.29) is 11.9 Å². The lowest BCUT2D eigenvalue weighted by Crippen LogP contribution is -2.02. The number of hydrogen-bond donors (Lipinski definition) is 0. The van der Waals surface area contributed by atoms with Crippen molar-refractivity contribution in [2.24, 2.45) is 0 Å². The fraction of sp³-hybridized carbons (Fsp3) is 0.182. The number of carbonyl (C=O) groups excluding carboxylic acids is 2. The minimum atomic E-state index is -0.329. The van der Waals surface area contributed by atoms with Gasteiger partial charge < -0.3 is 9.47 Å². The van der Waals surface area contributed by atoms with Crippen molar-refractivity contribution in [1.82, 2.24) is 0 Å². The van der Waals surface area contributed by atoms with Gasteiger partial charge in [-0.2, -0.15) is 11.8 Å². The first-order valence-electron chi connectivity index (χ1n) is 8.52. The van der Waals surface area contributed by atoms with Gasteiger partial charge in [0, 0.05) is 36.5 Å². The number of ether oxygens (including phenoxy) is 2. The van der Waals surface area contributed by atoms with Gasteiger partial charge in [-0.05, 0) is 12.1 Å². The molecule has 0 spiro atoms. The summed E-state index contributed by atoms with van der Waals surface area (Å²) in [6.45, 7) is 2.78. The highest BCUT2D eigenvalue weighted by atomic mass is 32.2. The standard InChI is InChI=1S/C22H22O4S/c1-17(23)25-21-13-5-3-9-19(21)11-7-15-27-16-8-12-20-10-4-6-14-22(20)26-18(2)24/h3-14H,15-16H2,1-2H3. The van der Waals surface area contributed by atoms with E-state index in [0.29, 0.717) is 11.5 Å². The van der Waals surface area contributed by atoms with Crippen LogP contribution in [0.1, 0.15) is 25.0 Å². The van der Waals surface area contributed by atoms with E-state index in [4.69, 9.17) is 9.47 Å². The van der Waals surface area contributed by atoms with Gasteiger partial charge in [0.25, 0.3) is 0 Å². The molecule has 140 valence electrons. The third kappa shape index (κ3) is 7.54. The van der Waals surface area contributed by atoms with E-state index < -0.39 is 0 Å². The lowest BCUT2D eigenvalue weighted by atomic mass is 10.2. The number of rotatable bonds is 8. The Labute approximate surface area is 163 Å². The van der Waals surface area contributed by atoms with E-state index in [1.807, 2.05) is 60.7 Å². The fourth-order valence-electron chi connectivity index (χ4n) is 2.29. The van der Waals surface area contributed by atoms with Gasteiger partial charge in [0.1, 0.15) is 11.5 Å². The molecule has 0 radical (unpaired) electrons. The van der Waals surface area contributed by atoms with E-state index in [1.165, 1.54) is 13.8 Å². The summed E-state index contributed by atoms with van der Waals surface area (Å²) < 4.78 is 10.4. The summed E-state index contributed by atoms with van der Waals surface area (Å²) in [7, 11) is 0. The molecule has 27 heavy (non-hydrogen) atoms.